The van der Waals surface area contributed by atoms with Crippen LogP contribution in [0.5, 0.6) is 0 Å². The highest BCUT2D eigenvalue weighted by Crippen LogP contribution is 2.24. The Morgan fingerprint density at radius 2 is 2.30 bits per heavy atom. The molecule has 0 radical (unpaired) electrons. The van der Waals surface area contributed by atoms with Crippen molar-refractivity contribution < 1.29 is 9.90 Å². The molecule has 1 aromatic rings. The summed E-state index contributed by atoms with van der Waals surface area (Å²) in [5.41, 5.74) is 1.15. The molecule has 2 rings (SSSR count). The molecule has 2 N–H and O–H groups in total. The Balaban J connectivity index is 1.91. The van der Waals surface area contributed by atoms with Gasteiger partial charge in [0, 0.05) is 18.3 Å². The van der Waals surface area contributed by atoms with E-state index in [-0.39, 0.29) is 19.1 Å². The number of rotatable bonds is 6. The van der Waals surface area contributed by atoms with Crippen LogP contribution in [0.4, 0.5) is 5.69 Å². The van der Waals surface area contributed by atoms with Gasteiger partial charge in [-0.25, -0.2) is 0 Å². The lowest BCUT2D eigenvalue weighted by molar-refractivity contribution is -0.118. The summed E-state index contributed by atoms with van der Waals surface area (Å²) >= 11 is 0. The van der Waals surface area contributed by atoms with E-state index in [0.717, 1.165) is 12.8 Å². The molecule has 1 aromatic carbocycles. The van der Waals surface area contributed by atoms with Crippen LogP contribution >= 0.6 is 0 Å². The van der Waals surface area contributed by atoms with Crippen molar-refractivity contribution in [1.82, 2.24) is 4.90 Å². The van der Waals surface area contributed by atoms with Crippen molar-refractivity contribution in [2.75, 3.05) is 25.0 Å². The molecule has 0 aliphatic heterocycles. The van der Waals surface area contributed by atoms with Gasteiger partial charge in [0.25, 0.3) is 0 Å². The zero-order valence-electron chi connectivity index (χ0n) is 11.4. The lowest BCUT2D eigenvalue weighted by Gasteiger charge is -2.36. The second-order valence-electron chi connectivity index (χ2n) is 5.02. The largest absolute Gasteiger partial charge is 0.395 e. The van der Waals surface area contributed by atoms with Gasteiger partial charge in [-0.3, -0.25) is 9.69 Å². The van der Waals surface area contributed by atoms with Crippen molar-refractivity contribution in [2.45, 2.75) is 25.3 Å². The van der Waals surface area contributed by atoms with Gasteiger partial charge < -0.3 is 10.4 Å². The van der Waals surface area contributed by atoms with E-state index in [4.69, 9.17) is 10.4 Å². The minimum atomic E-state index is -0.111. The Labute approximate surface area is 118 Å². The van der Waals surface area contributed by atoms with Crippen molar-refractivity contribution in [3.63, 3.8) is 0 Å². The minimum Gasteiger partial charge on any atom is -0.395 e. The number of nitrogens with one attached hydrogen (secondary N) is 1. The van der Waals surface area contributed by atoms with E-state index in [9.17, 15) is 4.79 Å². The molecule has 5 nitrogen and oxygen atoms in total. The Kier molecular flexibility index (Phi) is 5.10. The molecule has 0 spiro atoms. The molecule has 1 aliphatic rings. The third-order valence-electron chi connectivity index (χ3n) is 3.60. The van der Waals surface area contributed by atoms with Crippen LogP contribution in [0.15, 0.2) is 24.3 Å². The minimum absolute atomic E-state index is 0.0632. The Morgan fingerprint density at radius 1 is 1.50 bits per heavy atom. The number of amides is 1. The topological polar surface area (TPSA) is 76.4 Å². The van der Waals surface area contributed by atoms with Crippen LogP contribution in [-0.2, 0) is 4.79 Å². The fraction of sp³-hybridized carbons (Fsp3) is 0.467. The predicted octanol–water partition coefficient (Wildman–Crippen LogP) is 1.34. The summed E-state index contributed by atoms with van der Waals surface area (Å²) in [4.78, 5) is 14.0. The van der Waals surface area contributed by atoms with E-state index in [1.807, 2.05) is 11.0 Å². The van der Waals surface area contributed by atoms with Crippen molar-refractivity contribution in [2.24, 2.45) is 0 Å². The first kappa shape index (κ1) is 14.5. The zero-order valence-corrected chi connectivity index (χ0v) is 11.4. The SMILES string of the molecule is N#Cc1cccc(NC(=O)CN(CCO)C2CCC2)c1. The van der Waals surface area contributed by atoms with Gasteiger partial charge in [-0.1, -0.05) is 12.5 Å². The first-order valence-electron chi connectivity index (χ1n) is 6.88. The van der Waals surface area contributed by atoms with E-state index in [1.54, 1.807) is 24.3 Å². The molecular formula is C15H19N3O2. The summed E-state index contributed by atoms with van der Waals surface area (Å²) in [7, 11) is 0. The molecule has 1 saturated carbocycles. The Hall–Kier alpha value is -1.90. The number of nitrogens with zero attached hydrogens (tertiary/aromatic N) is 2. The second-order valence-corrected chi connectivity index (χ2v) is 5.02. The highest BCUT2D eigenvalue weighted by molar-refractivity contribution is 5.92. The van der Waals surface area contributed by atoms with Gasteiger partial charge in [0.15, 0.2) is 0 Å². The molecule has 0 heterocycles. The molecule has 1 fully saturated rings. The predicted molar refractivity (Wildman–Crippen MR) is 76.1 cm³/mol. The molecule has 0 bridgehead atoms. The van der Waals surface area contributed by atoms with Gasteiger partial charge in [-0.15, -0.1) is 0 Å². The molecule has 0 atom stereocenters. The first-order chi connectivity index (χ1) is 9.72. The summed E-state index contributed by atoms with van der Waals surface area (Å²) in [5.74, 6) is -0.111. The second kappa shape index (κ2) is 7.04. The monoisotopic (exact) mass is 273 g/mol. The van der Waals surface area contributed by atoms with Crippen LogP contribution in [0, 0.1) is 11.3 Å². The normalized spacial score (nSPS) is 14.7. The maximum atomic E-state index is 12.0. The molecule has 0 saturated heterocycles. The van der Waals surface area contributed by atoms with Gasteiger partial charge >= 0.3 is 0 Å². The number of aliphatic hydroxyl groups is 1. The molecule has 0 aromatic heterocycles. The molecular weight excluding hydrogens is 254 g/mol. The quantitative estimate of drug-likeness (QED) is 0.820. The van der Waals surface area contributed by atoms with Crippen molar-refractivity contribution in [3.05, 3.63) is 29.8 Å². The highest BCUT2D eigenvalue weighted by Gasteiger charge is 2.25. The molecule has 20 heavy (non-hydrogen) atoms. The number of aliphatic hydroxyl groups excluding tert-OH is 1. The molecule has 5 heteroatoms. The van der Waals surface area contributed by atoms with Crippen LogP contribution < -0.4 is 5.32 Å². The average Bonchev–Trinajstić information content (AvgIpc) is 2.37. The highest BCUT2D eigenvalue weighted by atomic mass is 16.3. The fourth-order valence-corrected chi connectivity index (χ4v) is 2.32. The number of hydrogen-bond donors (Lipinski definition) is 2. The smallest absolute Gasteiger partial charge is 0.238 e. The number of carbonyl (C=O) groups is 1. The van der Waals surface area contributed by atoms with Crippen LogP contribution in [0.2, 0.25) is 0 Å². The van der Waals surface area contributed by atoms with Gasteiger partial charge in [0.05, 0.1) is 24.8 Å². The van der Waals surface area contributed by atoms with Crippen molar-refractivity contribution >= 4 is 11.6 Å². The average molecular weight is 273 g/mol. The summed E-state index contributed by atoms with van der Waals surface area (Å²) < 4.78 is 0. The zero-order chi connectivity index (χ0) is 14.4. The van der Waals surface area contributed by atoms with Crippen LogP contribution in [-0.4, -0.2) is 41.7 Å². The third kappa shape index (κ3) is 3.80. The Morgan fingerprint density at radius 3 is 2.90 bits per heavy atom. The summed E-state index contributed by atoms with van der Waals surface area (Å²) in [6.07, 6.45) is 3.38. The molecule has 1 aliphatic carbocycles. The lowest BCUT2D eigenvalue weighted by Crippen LogP contribution is -2.45. The summed E-state index contributed by atoms with van der Waals surface area (Å²) in [6.45, 7) is 0.867. The Bertz CT molecular complexity index is 506. The first-order valence-corrected chi connectivity index (χ1v) is 6.88. The number of hydrogen-bond acceptors (Lipinski definition) is 4. The van der Waals surface area contributed by atoms with E-state index >= 15 is 0 Å². The van der Waals surface area contributed by atoms with E-state index < -0.39 is 0 Å². The fourth-order valence-electron chi connectivity index (χ4n) is 2.32. The standard InChI is InChI=1S/C15H19N3O2/c16-10-12-3-1-4-13(9-12)17-15(20)11-18(7-8-19)14-5-2-6-14/h1,3-4,9,14,19H,2,5-8,11H2,(H,17,20). The summed E-state index contributed by atoms with van der Waals surface area (Å²) in [5, 5.41) is 20.7. The van der Waals surface area contributed by atoms with Crippen molar-refractivity contribution in [1.29, 1.82) is 5.26 Å². The maximum Gasteiger partial charge on any atom is 0.238 e. The van der Waals surface area contributed by atoms with Gasteiger partial charge in [-0.2, -0.15) is 5.26 Å². The number of nitriles is 1. The van der Waals surface area contributed by atoms with Crippen LogP contribution in [0.3, 0.4) is 0 Å². The van der Waals surface area contributed by atoms with Gasteiger partial charge in [-0.05, 0) is 31.0 Å². The van der Waals surface area contributed by atoms with E-state index in [0.29, 0.717) is 23.8 Å². The summed E-state index contributed by atoms with van der Waals surface area (Å²) in [6, 6.07) is 9.31. The maximum absolute atomic E-state index is 12.0. The number of benzene rings is 1. The number of anilines is 1. The van der Waals surface area contributed by atoms with Crippen molar-refractivity contribution in [3.8, 4) is 6.07 Å². The molecule has 0 unspecified atom stereocenters. The van der Waals surface area contributed by atoms with Crippen LogP contribution in [0.1, 0.15) is 24.8 Å². The third-order valence-corrected chi connectivity index (χ3v) is 3.60. The van der Waals surface area contributed by atoms with Gasteiger partial charge in [0.1, 0.15) is 0 Å². The molecule has 106 valence electrons. The van der Waals surface area contributed by atoms with Gasteiger partial charge in [0.2, 0.25) is 5.91 Å². The lowest BCUT2D eigenvalue weighted by atomic mass is 9.91. The van der Waals surface area contributed by atoms with E-state index in [2.05, 4.69) is 5.32 Å². The molecule has 1 amide bonds. The van der Waals surface area contributed by atoms with E-state index in [1.165, 1.54) is 6.42 Å². The number of carbonyl (C=O) groups excluding carboxylic acids is 1. The van der Waals surface area contributed by atoms with Crippen LogP contribution in [0.25, 0.3) is 0 Å².